The summed E-state index contributed by atoms with van der Waals surface area (Å²) in [5, 5.41) is 9.44. The summed E-state index contributed by atoms with van der Waals surface area (Å²) in [7, 11) is 0. The number of rotatable bonds is 1. The summed E-state index contributed by atoms with van der Waals surface area (Å²) >= 11 is 11.3. The van der Waals surface area contributed by atoms with Gasteiger partial charge in [0.05, 0.1) is 6.61 Å². The summed E-state index contributed by atoms with van der Waals surface area (Å²) in [4.78, 5) is 0. The molecule has 0 saturated carbocycles. The van der Waals surface area contributed by atoms with Gasteiger partial charge in [-0.1, -0.05) is 11.6 Å². The second-order valence-electron chi connectivity index (χ2n) is 2.02. The van der Waals surface area contributed by atoms with Gasteiger partial charge in [-0.3, -0.25) is 0 Å². The van der Waals surface area contributed by atoms with E-state index in [-0.39, 0.29) is 6.61 Å². The van der Waals surface area contributed by atoms with Crippen LogP contribution in [0.1, 0.15) is 5.56 Å². The molecule has 0 radical (unpaired) electrons. The predicted octanol–water partition coefficient (Wildman–Crippen LogP) is 3.20. The van der Waals surface area contributed by atoms with Crippen LogP contribution in [0.25, 0.3) is 0 Å². The lowest BCUT2D eigenvalue weighted by molar-refractivity contribution is 0.282. The maximum absolute atomic E-state index is 8.83. The van der Waals surface area contributed by atoms with Crippen LogP contribution >= 0.6 is 50.1 Å². The van der Waals surface area contributed by atoms with E-state index in [1.54, 1.807) is 0 Å². The van der Waals surface area contributed by atoms with Crippen LogP contribution in [0, 0.1) is 3.57 Å². The quantitative estimate of drug-likeness (QED) is 0.611. The fourth-order valence-corrected chi connectivity index (χ4v) is 1.95. The molecule has 0 aromatic heterocycles. The summed E-state index contributed by atoms with van der Waals surface area (Å²) in [5.74, 6) is 0. The Bertz CT molecular complexity index is 277. The van der Waals surface area contributed by atoms with E-state index >= 15 is 0 Å². The van der Waals surface area contributed by atoms with Gasteiger partial charge in [0, 0.05) is 13.1 Å². The third kappa shape index (κ3) is 2.31. The molecule has 0 aliphatic heterocycles. The van der Waals surface area contributed by atoms with Crippen molar-refractivity contribution in [2.45, 2.75) is 6.61 Å². The van der Waals surface area contributed by atoms with Crippen LogP contribution in [0.3, 0.4) is 0 Å². The largest absolute Gasteiger partial charge is 0.392 e. The summed E-state index contributed by atoms with van der Waals surface area (Å²) in [6.45, 7) is -0.0195. The molecule has 0 spiro atoms. The van der Waals surface area contributed by atoms with Gasteiger partial charge in [0.2, 0.25) is 0 Å². The zero-order valence-electron chi connectivity index (χ0n) is 5.44. The van der Waals surface area contributed by atoms with Crippen molar-refractivity contribution in [2.75, 3.05) is 0 Å². The van der Waals surface area contributed by atoms with E-state index in [4.69, 9.17) is 16.7 Å². The molecule has 0 aliphatic carbocycles. The van der Waals surface area contributed by atoms with Gasteiger partial charge in [0.1, 0.15) is 0 Å². The van der Waals surface area contributed by atoms with E-state index in [0.717, 1.165) is 13.6 Å². The van der Waals surface area contributed by atoms with E-state index in [1.165, 1.54) is 0 Å². The Morgan fingerprint density at radius 2 is 2.18 bits per heavy atom. The standard InChI is InChI=1S/C7H5BrClIO/c8-5-1-4(3-11)6(9)2-7(5)10/h1-2,11H,3H2. The molecule has 0 saturated heterocycles. The number of hydrogen-bond donors (Lipinski definition) is 1. The highest BCUT2D eigenvalue weighted by atomic mass is 127. The molecule has 1 N–H and O–H groups in total. The van der Waals surface area contributed by atoms with Crippen molar-refractivity contribution in [3.63, 3.8) is 0 Å². The molecule has 1 nitrogen and oxygen atoms in total. The Hall–Kier alpha value is 0.680. The van der Waals surface area contributed by atoms with Gasteiger partial charge < -0.3 is 5.11 Å². The monoisotopic (exact) mass is 346 g/mol. The van der Waals surface area contributed by atoms with Crippen LogP contribution in [0.5, 0.6) is 0 Å². The van der Waals surface area contributed by atoms with Gasteiger partial charge in [-0.2, -0.15) is 0 Å². The first-order valence-corrected chi connectivity index (χ1v) is 5.14. The minimum Gasteiger partial charge on any atom is -0.392 e. The Balaban J connectivity index is 3.21. The van der Waals surface area contributed by atoms with Gasteiger partial charge in [-0.25, -0.2) is 0 Å². The van der Waals surface area contributed by atoms with Crippen molar-refractivity contribution in [1.29, 1.82) is 0 Å². The highest BCUT2D eigenvalue weighted by molar-refractivity contribution is 14.1. The van der Waals surface area contributed by atoms with Crippen LogP contribution in [-0.2, 0) is 6.61 Å². The highest BCUT2D eigenvalue weighted by Gasteiger charge is 2.03. The molecule has 0 unspecified atom stereocenters. The van der Waals surface area contributed by atoms with Gasteiger partial charge >= 0.3 is 0 Å². The van der Waals surface area contributed by atoms with Crippen molar-refractivity contribution < 1.29 is 5.11 Å². The number of aliphatic hydroxyl groups excluding tert-OH is 1. The maximum atomic E-state index is 8.83. The maximum Gasteiger partial charge on any atom is 0.0696 e. The molecule has 0 aliphatic rings. The smallest absolute Gasteiger partial charge is 0.0696 e. The average Bonchev–Trinajstić information content (AvgIpc) is 1.97. The molecule has 60 valence electrons. The van der Waals surface area contributed by atoms with Gasteiger partial charge in [0.25, 0.3) is 0 Å². The second kappa shape index (κ2) is 4.07. The van der Waals surface area contributed by atoms with Crippen molar-refractivity contribution in [3.05, 3.63) is 30.8 Å². The molecular weight excluding hydrogens is 342 g/mol. The minimum absolute atomic E-state index is 0.0195. The molecule has 0 bridgehead atoms. The van der Waals surface area contributed by atoms with Crippen LogP contribution < -0.4 is 0 Å². The van der Waals surface area contributed by atoms with Crippen LogP contribution in [0.2, 0.25) is 5.02 Å². The van der Waals surface area contributed by atoms with Gasteiger partial charge in [-0.05, 0) is 56.2 Å². The lowest BCUT2D eigenvalue weighted by atomic mass is 10.2. The van der Waals surface area contributed by atoms with E-state index < -0.39 is 0 Å². The molecule has 0 atom stereocenters. The number of aliphatic hydroxyl groups is 1. The van der Waals surface area contributed by atoms with E-state index in [0.29, 0.717) is 5.02 Å². The lowest BCUT2D eigenvalue weighted by Crippen LogP contribution is -1.86. The first kappa shape index (κ1) is 9.77. The Morgan fingerprint density at radius 3 is 2.73 bits per heavy atom. The van der Waals surface area contributed by atoms with E-state index in [1.807, 2.05) is 12.1 Å². The topological polar surface area (TPSA) is 20.2 Å². The van der Waals surface area contributed by atoms with Crippen LogP contribution in [-0.4, -0.2) is 5.11 Å². The second-order valence-corrected chi connectivity index (χ2v) is 4.44. The lowest BCUT2D eigenvalue weighted by Gasteiger charge is -2.02. The number of hydrogen-bond acceptors (Lipinski definition) is 1. The summed E-state index contributed by atoms with van der Waals surface area (Å²) in [6.07, 6.45) is 0. The average molecular weight is 347 g/mol. The molecular formula is C7H5BrClIO. The Labute approximate surface area is 92.0 Å². The summed E-state index contributed by atoms with van der Waals surface area (Å²) < 4.78 is 2.01. The van der Waals surface area contributed by atoms with Crippen LogP contribution in [0.15, 0.2) is 16.6 Å². The molecule has 0 amide bonds. The Morgan fingerprint density at radius 1 is 1.55 bits per heavy atom. The normalized spacial score (nSPS) is 10.2. The summed E-state index contributed by atoms with van der Waals surface area (Å²) in [5.41, 5.74) is 0.749. The molecule has 0 fully saturated rings. The molecule has 1 aromatic rings. The zero-order chi connectivity index (χ0) is 8.43. The Kier molecular flexibility index (Phi) is 3.61. The first-order valence-electron chi connectivity index (χ1n) is 2.89. The van der Waals surface area contributed by atoms with Crippen molar-refractivity contribution >= 4 is 50.1 Å². The van der Waals surface area contributed by atoms with Crippen molar-refractivity contribution in [1.82, 2.24) is 0 Å². The zero-order valence-corrected chi connectivity index (χ0v) is 9.94. The third-order valence-corrected chi connectivity index (χ3v) is 3.90. The first-order chi connectivity index (χ1) is 5.15. The minimum atomic E-state index is -0.0195. The summed E-state index contributed by atoms with van der Waals surface area (Å²) in [6, 6.07) is 3.64. The fourth-order valence-electron chi connectivity index (χ4n) is 0.685. The van der Waals surface area contributed by atoms with Crippen molar-refractivity contribution in [3.8, 4) is 0 Å². The fraction of sp³-hybridized carbons (Fsp3) is 0.143. The van der Waals surface area contributed by atoms with E-state index in [9.17, 15) is 0 Å². The van der Waals surface area contributed by atoms with Gasteiger partial charge in [0.15, 0.2) is 0 Å². The predicted molar refractivity (Wildman–Crippen MR) is 57.8 cm³/mol. The van der Waals surface area contributed by atoms with E-state index in [2.05, 4.69) is 38.5 Å². The highest BCUT2D eigenvalue weighted by Crippen LogP contribution is 2.26. The van der Waals surface area contributed by atoms with Crippen LogP contribution in [0.4, 0.5) is 0 Å². The molecule has 1 rings (SSSR count). The molecule has 1 aromatic carbocycles. The SMILES string of the molecule is OCc1cc(Br)c(I)cc1Cl. The number of benzene rings is 1. The third-order valence-electron chi connectivity index (χ3n) is 1.26. The number of halogens is 3. The molecule has 11 heavy (non-hydrogen) atoms. The molecule has 0 heterocycles. The van der Waals surface area contributed by atoms with Crippen molar-refractivity contribution in [2.24, 2.45) is 0 Å². The molecule has 4 heteroatoms. The van der Waals surface area contributed by atoms with Gasteiger partial charge in [-0.15, -0.1) is 0 Å².